The van der Waals surface area contributed by atoms with Gasteiger partial charge >= 0.3 is 12.3 Å². The third kappa shape index (κ3) is 2.87. The SMILES string of the molecule is CCOC(=O)c1cc2cc(OC(F)(F)F)ccc2n1C. The van der Waals surface area contributed by atoms with Crippen molar-refractivity contribution in [2.75, 3.05) is 6.61 Å². The van der Waals surface area contributed by atoms with Gasteiger partial charge in [0.25, 0.3) is 0 Å². The molecule has 2 rings (SSSR count). The van der Waals surface area contributed by atoms with Crippen LogP contribution >= 0.6 is 0 Å². The second-order valence-corrected chi connectivity index (χ2v) is 4.08. The Morgan fingerprint density at radius 3 is 2.60 bits per heavy atom. The third-order valence-corrected chi connectivity index (χ3v) is 2.73. The number of hydrogen-bond donors (Lipinski definition) is 0. The summed E-state index contributed by atoms with van der Waals surface area (Å²) in [7, 11) is 1.64. The fraction of sp³-hybridized carbons (Fsp3) is 0.308. The molecule has 4 nitrogen and oxygen atoms in total. The number of fused-ring (bicyclic) bond motifs is 1. The van der Waals surface area contributed by atoms with E-state index in [0.717, 1.165) is 0 Å². The molecule has 0 bridgehead atoms. The Morgan fingerprint density at radius 1 is 1.30 bits per heavy atom. The van der Waals surface area contributed by atoms with Gasteiger partial charge in [0.2, 0.25) is 0 Å². The van der Waals surface area contributed by atoms with Gasteiger partial charge in [-0.25, -0.2) is 4.79 Å². The number of aryl methyl sites for hydroxylation is 1. The van der Waals surface area contributed by atoms with Crippen molar-refractivity contribution in [1.82, 2.24) is 4.57 Å². The zero-order valence-electron chi connectivity index (χ0n) is 10.8. The van der Waals surface area contributed by atoms with E-state index >= 15 is 0 Å². The van der Waals surface area contributed by atoms with Gasteiger partial charge in [-0.3, -0.25) is 0 Å². The average Bonchev–Trinajstić information content (AvgIpc) is 2.65. The summed E-state index contributed by atoms with van der Waals surface area (Å²) >= 11 is 0. The largest absolute Gasteiger partial charge is 0.573 e. The Morgan fingerprint density at radius 2 is 2.00 bits per heavy atom. The van der Waals surface area contributed by atoms with Crippen molar-refractivity contribution < 1.29 is 27.4 Å². The smallest absolute Gasteiger partial charge is 0.461 e. The summed E-state index contributed by atoms with van der Waals surface area (Å²) in [5.41, 5.74) is 0.883. The van der Waals surface area contributed by atoms with Gasteiger partial charge in [-0.1, -0.05) is 0 Å². The topological polar surface area (TPSA) is 40.5 Å². The van der Waals surface area contributed by atoms with Crippen LogP contribution in [0.25, 0.3) is 10.9 Å². The van der Waals surface area contributed by atoms with E-state index in [1.54, 1.807) is 18.5 Å². The molecule has 0 fully saturated rings. The first-order valence-corrected chi connectivity index (χ1v) is 5.84. The highest BCUT2D eigenvalue weighted by Crippen LogP contribution is 2.28. The van der Waals surface area contributed by atoms with E-state index in [0.29, 0.717) is 10.9 Å². The van der Waals surface area contributed by atoms with Crippen LogP contribution in [0.5, 0.6) is 5.75 Å². The van der Waals surface area contributed by atoms with E-state index < -0.39 is 12.3 Å². The fourth-order valence-electron chi connectivity index (χ4n) is 1.93. The lowest BCUT2D eigenvalue weighted by Crippen LogP contribution is -2.16. The number of rotatable bonds is 3. The molecular weight excluding hydrogens is 275 g/mol. The van der Waals surface area contributed by atoms with Crippen molar-refractivity contribution in [3.05, 3.63) is 30.0 Å². The summed E-state index contributed by atoms with van der Waals surface area (Å²) in [4.78, 5) is 11.7. The number of halogens is 3. The number of carbonyl (C=O) groups excluding carboxylic acids is 1. The summed E-state index contributed by atoms with van der Waals surface area (Å²) in [5, 5.41) is 0.470. The molecule has 1 aromatic heterocycles. The van der Waals surface area contributed by atoms with Gasteiger partial charge in [-0.15, -0.1) is 13.2 Å². The number of aromatic nitrogens is 1. The molecule has 7 heteroatoms. The van der Waals surface area contributed by atoms with Crippen molar-refractivity contribution in [2.45, 2.75) is 13.3 Å². The standard InChI is InChI=1S/C13H12F3NO3/c1-3-19-12(18)11-7-8-6-9(20-13(14,15)16)4-5-10(8)17(11)2/h4-7H,3H2,1-2H3. The van der Waals surface area contributed by atoms with Crippen molar-refractivity contribution in [2.24, 2.45) is 7.05 Å². The van der Waals surface area contributed by atoms with Gasteiger partial charge < -0.3 is 14.0 Å². The van der Waals surface area contributed by atoms with E-state index in [-0.39, 0.29) is 18.1 Å². The van der Waals surface area contributed by atoms with Crippen LogP contribution < -0.4 is 4.74 Å². The van der Waals surface area contributed by atoms with Crippen LogP contribution in [0.3, 0.4) is 0 Å². The molecule has 0 amide bonds. The first-order valence-electron chi connectivity index (χ1n) is 5.84. The quantitative estimate of drug-likeness (QED) is 0.814. The van der Waals surface area contributed by atoms with E-state index in [1.165, 1.54) is 24.3 Å². The van der Waals surface area contributed by atoms with E-state index in [4.69, 9.17) is 4.74 Å². The summed E-state index contributed by atoms with van der Waals surface area (Å²) in [6, 6.07) is 5.35. The normalized spacial score (nSPS) is 11.7. The minimum Gasteiger partial charge on any atom is -0.461 e. The van der Waals surface area contributed by atoms with Gasteiger partial charge in [0.05, 0.1) is 6.61 Å². The van der Waals surface area contributed by atoms with Crippen molar-refractivity contribution in [1.29, 1.82) is 0 Å². The molecule has 0 unspecified atom stereocenters. The molecule has 1 heterocycles. The molecule has 0 aliphatic carbocycles. The van der Waals surface area contributed by atoms with Gasteiger partial charge in [0, 0.05) is 18.0 Å². The van der Waals surface area contributed by atoms with Crippen LogP contribution in [0.2, 0.25) is 0 Å². The van der Waals surface area contributed by atoms with Crippen LogP contribution in [0.1, 0.15) is 17.4 Å². The Bertz CT molecular complexity index is 646. The molecule has 0 atom stereocenters. The third-order valence-electron chi connectivity index (χ3n) is 2.73. The van der Waals surface area contributed by atoms with E-state index in [9.17, 15) is 18.0 Å². The number of ether oxygens (including phenoxy) is 2. The van der Waals surface area contributed by atoms with Crippen LogP contribution in [-0.2, 0) is 11.8 Å². The summed E-state index contributed by atoms with van der Waals surface area (Å²) < 4.78 is 46.7. The lowest BCUT2D eigenvalue weighted by Gasteiger charge is -2.08. The Labute approximate surface area is 112 Å². The number of carbonyl (C=O) groups is 1. The maximum absolute atomic E-state index is 12.2. The predicted molar refractivity (Wildman–Crippen MR) is 65.6 cm³/mol. The number of hydrogen-bond acceptors (Lipinski definition) is 3. The number of esters is 1. The summed E-state index contributed by atoms with van der Waals surface area (Å²) in [6.07, 6.45) is -4.74. The Kier molecular flexibility index (Phi) is 3.61. The zero-order chi connectivity index (χ0) is 14.9. The average molecular weight is 287 g/mol. The van der Waals surface area contributed by atoms with Gasteiger partial charge in [0.1, 0.15) is 11.4 Å². The van der Waals surface area contributed by atoms with Crippen LogP contribution in [-0.4, -0.2) is 23.5 Å². The van der Waals surface area contributed by atoms with E-state index in [2.05, 4.69) is 4.74 Å². The lowest BCUT2D eigenvalue weighted by atomic mass is 10.2. The van der Waals surface area contributed by atoms with Gasteiger partial charge in [-0.2, -0.15) is 0 Å². The molecule has 108 valence electrons. The summed E-state index contributed by atoms with van der Waals surface area (Å²) in [5.74, 6) is -0.851. The molecule has 0 aliphatic rings. The molecule has 20 heavy (non-hydrogen) atoms. The van der Waals surface area contributed by atoms with Crippen molar-refractivity contribution in [3.8, 4) is 5.75 Å². The Balaban J connectivity index is 2.41. The van der Waals surface area contributed by atoms with Crippen molar-refractivity contribution >= 4 is 16.9 Å². The molecule has 1 aromatic carbocycles. The monoisotopic (exact) mass is 287 g/mol. The lowest BCUT2D eigenvalue weighted by molar-refractivity contribution is -0.274. The second kappa shape index (κ2) is 5.07. The van der Waals surface area contributed by atoms with E-state index in [1.807, 2.05) is 0 Å². The molecule has 2 aromatic rings. The second-order valence-electron chi connectivity index (χ2n) is 4.08. The van der Waals surface area contributed by atoms with Gasteiger partial charge in [0.15, 0.2) is 0 Å². The maximum atomic E-state index is 12.2. The molecular formula is C13H12F3NO3. The molecule has 0 aliphatic heterocycles. The molecule has 0 saturated heterocycles. The number of benzene rings is 1. The summed E-state index contributed by atoms with van der Waals surface area (Å²) in [6.45, 7) is 1.90. The highest BCUT2D eigenvalue weighted by Gasteiger charge is 2.31. The molecule has 0 N–H and O–H groups in total. The molecule has 0 spiro atoms. The molecule has 0 radical (unpaired) electrons. The zero-order valence-corrected chi connectivity index (χ0v) is 10.8. The maximum Gasteiger partial charge on any atom is 0.573 e. The first kappa shape index (κ1) is 14.2. The highest BCUT2D eigenvalue weighted by atomic mass is 19.4. The molecule has 0 saturated carbocycles. The predicted octanol–water partition coefficient (Wildman–Crippen LogP) is 3.25. The van der Waals surface area contributed by atoms with Crippen LogP contribution in [0.4, 0.5) is 13.2 Å². The number of nitrogens with zero attached hydrogens (tertiary/aromatic N) is 1. The minimum absolute atomic E-state index is 0.225. The number of alkyl halides is 3. The fourth-order valence-corrected chi connectivity index (χ4v) is 1.93. The van der Waals surface area contributed by atoms with Gasteiger partial charge in [-0.05, 0) is 31.2 Å². The highest BCUT2D eigenvalue weighted by molar-refractivity contribution is 5.96. The first-order chi connectivity index (χ1) is 9.31. The Hall–Kier alpha value is -2.18. The van der Waals surface area contributed by atoms with Crippen molar-refractivity contribution in [3.63, 3.8) is 0 Å². The van der Waals surface area contributed by atoms with Crippen LogP contribution in [0, 0.1) is 0 Å². The minimum atomic E-state index is -4.74. The van der Waals surface area contributed by atoms with Crippen LogP contribution in [0.15, 0.2) is 24.3 Å².